The van der Waals surface area contributed by atoms with E-state index in [2.05, 4.69) is 9.44 Å². The Bertz CT molecular complexity index is 1050. The minimum absolute atomic E-state index is 0.112. The summed E-state index contributed by atoms with van der Waals surface area (Å²) in [4.78, 5) is 0.272. The Morgan fingerprint density at radius 3 is 1.44 bits per heavy atom. The molecular weight excluding hydrogens is 450 g/mol. The summed E-state index contributed by atoms with van der Waals surface area (Å²) in [5.41, 5.74) is 6.86. The number of nitrogen functional groups attached to an aromatic ring is 1. The molecule has 174 valence electrons. The molecule has 0 amide bonds. The monoisotopic (exact) mass is 479 g/mol. The van der Waals surface area contributed by atoms with E-state index in [1.54, 1.807) is 19.1 Å². The predicted octanol–water partition coefficient (Wildman–Crippen LogP) is 2.18. The van der Waals surface area contributed by atoms with Crippen molar-refractivity contribution in [2.24, 2.45) is 5.73 Å². The lowest BCUT2D eigenvalue weighted by Crippen LogP contribution is -2.25. The summed E-state index contributed by atoms with van der Waals surface area (Å²) < 4.78 is 54.2. The van der Waals surface area contributed by atoms with E-state index in [1.165, 1.54) is 36.4 Å². The molecular formula is C21H29N5O4S2. The van der Waals surface area contributed by atoms with Gasteiger partial charge in [-0.1, -0.05) is 25.0 Å². The molecule has 11 heteroatoms. The van der Waals surface area contributed by atoms with Gasteiger partial charge in [0.05, 0.1) is 9.79 Å². The van der Waals surface area contributed by atoms with Crippen molar-refractivity contribution >= 4 is 31.6 Å². The molecule has 9 nitrogen and oxygen atoms in total. The molecule has 0 saturated carbocycles. The summed E-state index contributed by atoms with van der Waals surface area (Å²) in [5.74, 6) is -0.125. The predicted molar refractivity (Wildman–Crippen MR) is 125 cm³/mol. The molecule has 0 fully saturated rings. The fraction of sp³-hybridized carbons (Fsp3) is 0.333. The smallest absolute Gasteiger partial charge is 0.240 e. The maximum atomic E-state index is 12.3. The summed E-state index contributed by atoms with van der Waals surface area (Å²) in [5, 5.41) is 14.9. The number of rotatable bonds is 13. The Hall–Kier alpha value is -2.60. The Balaban J connectivity index is 1.67. The fourth-order valence-corrected chi connectivity index (χ4v) is 5.03. The minimum atomic E-state index is -3.62. The Kier molecular flexibility index (Phi) is 9.08. The van der Waals surface area contributed by atoms with Gasteiger partial charge in [0.2, 0.25) is 20.0 Å². The highest BCUT2D eigenvalue weighted by atomic mass is 32.2. The number of amidine groups is 1. The van der Waals surface area contributed by atoms with Gasteiger partial charge in [-0.05, 0) is 61.7 Å². The van der Waals surface area contributed by atoms with Gasteiger partial charge in [0, 0.05) is 24.4 Å². The zero-order valence-corrected chi connectivity index (χ0v) is 19.5. The van der Waals surface area contributed by atoms with Gasteiger partial charge in [0.1, 0.15) is 5.84 Å². The molecule has 0 unspecified atom stereocenters. The lowest BCUT2D eigenvalue weighted by Gasteiger charge is -2.09. The molecule has 0 bridgehead atoms. The second kappa shape index (κ2) is 11.3. The van der Waals surface area contributed by atoms with Gasteiger partial charge in [-0.2, -0.15) is 0 Å². The zero-order valence-electron chi connectivity index (χ0n) is 17.9. The van der Waals surface area contributed by atoms with Gasteiger partial charge in [0.25, 0.3) is 0 Å². The molecule has 0 heterocycles. The number of hydrogen-bond acceptors (Lipinski definition) is 6. The van der Waals surface area contributed by atoms with Crippen LogP contribution in [-0.4, -0.2) is 41.5 Å². The topological polar surface area (TPSA) is 166 Å². The normalized spacial score (nSPS) is 11.9. The molecule has 0 aliphatic heterocycles. The summed E-state index contributed by atoms with van der Waals surface area (Å²) in [6, 6.07) is 12.0. The van der Waals surface area contributed by atoms with Crippen LogP contribution < -0.4 is 15.2 Å². The number of benzene rings is 2. The van der Waals surface area contributed by atoms with Gasteiger partial charge in [-0.3, -0.25) is 5.41 Å². The molecule has 0 aliphatic carbocycles. The molecule has 0 aromatic heterocycles. The number of hydrogen-bond donors (Lipinski definition) is 5. The molecule has 2 aromatic carbocycles. The van der Waals surface area contributed by atoms with Crippen LogP contribution >= 0.6 is 0 Å². The molecule has 32 heavy (non-hydrogen) atoms. The molecule has 0 saturated heterocycles. The van der Waals surface area contributed by atoms with Crippen LogP contribution in [0.25, 0.3) is 0 Å². The third kappa shape index (κ3) is 7.52. The van der Waals surface area contributed by atoms with Crippen LogP contribution in [0.5, 0.6) is 0 Å². The van der Waals surface area contributed by atoms with Gasteiger partial charge >= 0.3 is 0 Å². The van der Waals surface area contributed by atoms with Gasteiger partial charge in [0.15, 0.2) is 0 Å². The van der Waals surface area contributed by atoms with E-state index >= 15 is 0 Å². The van der Waals surface area contributed by atoms with E-state index < -0.39 is 20.0 Å². The molecule has 0 aliphatic rings. The molecule has 2 rings (SSSR count). The van der Waals surface area contributed by atoms with Gasteiger partial charge < -0.3 is 11.1 Å². The van der Waals surface area contributed by atoms with E-state index in [0.29, 0.717) is 36.2 Å². The van der Waals surface area contributed by atoms with Crippen LogP contribution in [0.4, 0.5) is 0 Å². The lowest BCUT2D eigenvalue weighted by atomic mass is 10.1. The van der Waals surface area contributed by atoms with Crippen LogP contribution in [0, 0.1) is 10.8 Å². The molecule has 0 atom stereocenters. The van der Waals surface area contributed by atoms with Crippen LogP contribution in [0.2, 0.25) is 0 Å². The highest BCUT2D eigenvalue weighted by Gasteiger charge is 2.14. The van der Waals surface area contributed by atoms with Gasteiger partial charge in [-0.15, -0.1) is 0 Å². The molecule has 0 spiro atoms. The second-order valence-corrected chi connectivity index (χ2v) is 10.8. The van der Waals surface area contributed by atoms with Crippen molar-refractivity contribution in [2.45, 2.75) is 42.4 Å². The number of unbranched alkanes of at least 4 members (excludes halogenated alkanes) is 3. The first kappa shape index (κ1) is 25.7. The fourth-order valence-electron chi connectivity index (χ4n) is 2.88. The van der Waals surface area contributed by atoms with E-state index in [1.807, 2.05) is 0 Å². The number of sulfonamides is 2. The van der Waals surface area contributed by atoms with E-state index in [-0.39, 0.29) is 22.2 Å². The third-order valence-corrected chi connectivity index (χ3v) is 7.71. The van der Waals surface area contributed by atoms with Crippen molar-refractivity contribution in [3.63, 3.8) is 0 Å². The van der Waals surface area contributed by atoms with Crippen molar-refractivity contribution in [3.05, 3.63) is 59.7 Å². The van der Waals surface area contributed by atoms with Crippen LogP contribution in [-0.2, 0) is 20.0 Å². The first-order valence-electron chi connectivity index (χ1n) is 10.1. The molecule has 0 radical (unpaired) electrons. The third-order valence-electron chi connectivity index (χ3n) is 4.76. The average Bonchev–Trinajstić information content (AvgIpc) is 2.75. The second-order valence-electron chi connectivity index (χ2n) is 7.30. The Morgan fingerprint density at radius 2 is 1.09 bits per heavy atom. The SMILES string of the molecule is CC(=N)c1ccc(S(=O)(=O)NCCCCCCNS(=O)(=O)c2ccc(C(=N)N)cc2)cc1. The maximum Gasteiger partial charge on any atom is 0.240 e. The van der Waals surface area contributed by atoms with E-state index in [9.17, 15) is 16.8 Å². The molecule has 6 N–H and O–H groups in total. The van der Waals surface area contributed by atoms with E-state index in [0.717, 1.165) is 12.8 Å². The number of nitrogens with two attached hydrogens (primary N) is 1. The van der Waals surface area contributed by atoms with Crippen molar-refractivity contribution in [1.29, 1.82) is 10.8 Å². The highest BCUT2D eigenvalue weighted by molar-refractivity contribution is 7.89. The standard InChI is InChI=1S/C21H29N5O4S2/c1-16(22)17-6-10-19(11-7-17)31(27,28)25-14-4-2-3-5-15-26-32(29,30)20-12-8-18(9-13-20)21(23)24/h6-13,22,25-26H,2-5,14-15H2,1H3,(H3,23,24). The first-order chi connectivity index (χ1) is 15.0. The van der Waals surface area contributed by atoms with Crippen molar-refractivity contribution in [1.82, 2.24) is 9.44 Å². The first-order valence-corrected chi connectivity index (χ1v) is 13.1. The maximum absolute atomic E-state index is 12.3. The zero-order chi connectivity index (χ0) is 23.8. The summed E-state index contributed by atoms with van der Waals surface area (Å²) in [6.07, 6.45) is 2.77. The van der Waals surface area contributed by atoms with Gasteiger partial charge in [-0.25, -0.2) is 26.3 Å². The molecule has 2 aromatic rings. The van der Waals surface area contributed by atoms with Crippen LogP contribution in [0.3, 0.4) is 0 Å². The average molecular weight is 480 g/mol. The lowest BCUT2D eigenvalue weighted by molar-refractivity contribution is 0.562. The minimum Gasteiger partial charge on any atom is -0.384 e. The van der Waals surface area contributed by atoms with Crippen molar-refractivity contribution in [2.75, 3.05) is 13.1 Å². The summed E-state index contributed by atoms with van der Waals surface area (Å²) >= 11 is 0. The Morgan fingerprint density at radius 1 is 0.719 bits per heavy atom. The van der Waals surface area contributed by atoms with Crippen molar-refractivity contribution in [3.8, 4) is 0 Å². The highest BCUT2D eigenvalue weighted by Crippen LogP contribution is 2.12. The quantitative estimate of drug-likeness (QED) is 0.168. The van der Waals surface area contributed by atoms with Crippen molar-refractivity contribution < 1.29 is 16.8 Å². The Labute approximate surface area is 189 Å². The summed E-state index contributed by atoms with van der Waals surface area (Å²) in [7, 11) is -7.22. The van der Waals surface area contributed by atoms with Crippen LogP contribution in [0.15, 0.2) is 58.3 Å². The largest absolute Gasteiger partial charge is 0.384 e. The summed E-state index contributed by atoms with van der Waals surface area (Å²) in [6.45, 7) is 2.21. The van der Waals surface area contributed by atoms with E-state index in [4.69, 9.17) is 16.6 Å². The number of nitrogens with one attached hydrogen (secondary N) is 4. The van der Waals surface area contributed by atoms with Crippen LogP contribution in [0.1, 0.15) is 43.7 Å².